The average molecular weight is 243 g/mol. The van der Waals surface area contributed by atoms with E-state index in [2.05, 4.69) is 4.98 Å². The molecule has 0 saturated heterocycles. The van der Waals surface area contributed by atoms with Crippen LogP contribution in [0.2, 0.25) is 6.32 Å². The van der Waals surface area contributed by atoms with E-state index in [1.807, 2.05) is 0 Å². The van der Waals surface area contributed by atoms with Crippen LogP contribution in [0, 0.1) is 0 Å². The third kappa shape index (κ3) is 6.57. The Labute approximate surface area is 129 Å². The monoisotopic (exact) mass is 243 g/mol. The standard InChI is InChI=1S/C8H10BF3NO.K/c1-14-8-4-7(5-13-6-8)2-3-9(10,11)12;/h4-6H,2-3H2,1H3;/q-1;+1. The van der Waals surface area contributed by atoms with E-state index in [1.165, 1.54) is 19.5 Å². The van der Waals surface area contributed by atoms with Crippen molar-refractivity contribution in [2.75, 3.05) is 7.11 Å². The molecule has 0 radical (unpaired) electrons. The molecule has 0 N–H and O–H groups in total. The third-order valence-electron chi connectivity index (χ3n) is 1.77. The van der Waals surface area contributed by atoms with Crippen LogP contribution in [0.4, 0.5) is 12.9 Å². The molecule has 0 saturated carbocycles. The first-order valence-electron chi connectivity index (χ1n) is 4.20. The van der Waals surface area contributed by atoms with Gasteiger partial charge in [0.05, 0.1) is 13.3 Å². The molecule has 1 aromatic rings. The van der Waals surface area contributed by atoms with Crippen LogP contribution in [0.15, 0.2) is 18.5 Å². The van der Waals surface area contributed by atoms with Crippen molar-refractivity contribution < 1.29 is 69.1 Å². The number of aryl methyl sites for hydroxylation is 1. The first-order chi connectivity index (χ1) is 6.51. The second kappa shape index (κ2) is 6.90. The van der Waals surface area contributed by atoms with Gasteiger partial charge in [0.2, 0.25) is 0 Å². The summed E-state index contributed by atoms with van der Waals surface area (Å²) in [7, 11) is 1.45. The number of nitrogens with zero attached hydrogens (tertiary/aromatic N) is 1. The van der Waals surface area contributed by atoms with Gasteiger partial charge in [-0.1, -0.05) is 6.32 Å². The molecule has 78 valence electrons. The van der Waals surface area contributed by atoms with Crippen LogP contribution in [0.1, 0.15) is 5.56 Å². The summed E-state index contributed by atoms with van der Waals surface area (Å²) in [5.74, 6) is 0.483. The second-order valence-corrected chi connectivity index (χ2v) is 2.98. The van der Waals surface area contributed by atoms with Crippen LogP contribution in [0.25, 0.3) is 0 Å². The Balaban J connectivity index is 0.00000196. The van der Waals surface area contributed by atoms with Crippen molar-refractivity contribution in [3.8, 4) is 5.75 Å². The van der Waals surface area contributed by atoms with Gasteiger partial charge in [-0.05, 0) is 18.1 Å². The van der Waals surface area contributed by atoms with Crippen LogP contribution < -0.4 is 56.1 Å². The molecular formula is C8H10BF3KNO. The summed E-state index contributed by atoms with van der Waals surface area (Å²) in [6, 6.07) is 1.56. The molecule has 0 unspecified atom stereocenters. The zero-order valence-electron chi connectivity index (χ0n) is 8.71. The predicted octanol–water partition coefficient (Wildman–Crippen LogP) is -0.516. The third-order valence-corrected chi connectivity index (χ3v) is 1.77. The molecule has 0 fully saturated rings. The molecule has 0 atom stereocenters. The Morgan fingerprint density at radius 2 is 2.00 bits per heavy atom. The summed E-state index contributed by atoms with van der Waals surface area (Å²) in [6.45, 7) is -4.71. The number of hydrogen-bond acceptors (Lipinski definition) is 2. The molecule has 0 spiro atoms. The Morgan fingerprint density at radius 3 is 2.53 bits per heavy atom. The molecule has 0 aliphatic heterocycles. The summed E-state index contributed by atoms with van der Waals surface area (Å²) in [5, 5.41) is 0. The molecule has 0 aliphatic carbocycles. The number of pyridine rings is 1. The Bertz CT molecular complexity index is 308. The minimum atomic E-state index is -4.71. The first kappa shape index (κ1) is 15.4. The molecular weight excluding hydrogens is 233 g/mol. The summed E-state index contributed by atoms with van der Waals surface area (Å²) >= 11 is 0. The van der Waals surface area contributed by atoms with E-state index >= 15 is 0 Å². The van der Waals surface area contributed by atoms with Crippen molar-refractivity contribution in [3.05, 3.63) is 24.0 Å². The molecule has 0 aliphatic rings. The molecule has 0 amide bonds. The van der Waals surface area contributed by atoms with Crippen molar-refractivity contribution in [1.29, 1.82) is 0 Å². The van der Waals surface area contributed by atoms with E-state index in [0.29, 0.717) is 11.3 Å². The van der Waals surface area contributed by atoms with Crippen molar-refractivity contribution in [2.45, 2.75) is 12.7 Å². The zero-order valence-corrected chi connectivity index (χ0v) is 11.8. The number of rotatable bonds is 4. The summed E-state index contributed by atoms with van der Waals surface area (Å²) in [4.78, 5) is 3.77. The molecule has 7 heteroatoms. The smallest absolute Gasteiger partial charge is 0.495 e. The minimum absolute atomic E-state index is 0. The summed E-state index contributed by atoms with van der Waals surface area (Å²) < 4.78 is 40.7. The van der Waals surface area contributed by atoms with Crippen LogP contribution >= 0.6 is 0 Å². The largest absolute Gasteiger partial charge is 1.00 e. The molecule has 2 nitrogen and oxygen atoms in total. The Hall–Kier alpha value is 0.441. The van der Waals surface area contributed by atoms with Gasteiger partial charge in [0.15, 0.2) is 0 Å². The van der Waals surface area contributed by atoms with Crippen molar-refractivity contribution in [1.82, 2.24) is 4.98 Å². The molecule has 1 aromatic heterocycles. The first-order valence-corrected chi connectivity index (χ1v) is 4.20. The van der Waals surface area contributed by atoms with Crippen molar-refractivity contribution in [3.63, 3.8) is 0 Å². The van der Waals surface area contributed by atoms with Gasteiger partial charge in [0.1, 0.15) is 5.75 Å². The van der Waals surface area contributed by atoms with Gasteiger partial charge in [0.25, 0.3) is 0 Å². The molecule has 1 rings (SSSR count). The molecule has 15 heavy (non-hydrogen) atoms. The van der Waals surface area contributed by atoms with Crippen LogP contribution in [-0.4, -0.2) is 19.1 Å². The van der Waals surface area contributed by atoms with Crippen LogP contribution in [0.3, 0.4) is 0 Å². The van der Waals surface area contributed by atoms with Gasteiger partial charge >= 0.3 is 58.4 Å². The van der Waals surface area contributed by atoms with Gasteiger partial charge in [-0.2, -0.15) is 0 Å². The average Bonchev–Trinajstić information content (AvgIpc) is 2.14. The Morgan fingerprint density at radius 1 is 1.33 bits per heavy atom. The summed E-state index contributed by atoms with van der Waals surface area (Å²) in [5.41, 5.74) is 0.545. The SMILES string of the molecule is COc1cncc(CC[B-](F)(F)F)c1.[K+]. The van der Waals surface area contributed by atoms with E-state index in [-0.39, 0.29) is 57.8 Å². The number of aromatic nitrogens is 1. The number of methoxy groups -OCH3 is 1. The van der Waals surface area contributed by atoms with Gasteiger partial charge in [-0.25, -0.2) is 0 Å². The van der Waals surface area contributed by atoms with Gasteiger partial charge in [0, 0.05) is 6.20 Å². The number of ether oxygens (including phenoxy) is 1. The maximum atomic E-state index is 11.9. The number of hydrogen-bond donors (Lipinski definition) is 0. The van der Waals surface area contributed by atoms with Crippen molar-refractivity contribution in [2.24, 2.45) is 0 Å². The fraction of sp³-hybridized carbons (Fsp3) is 0.375. The van der Waals surface area contributed by atoms with Gasteiger partial charge in [-0.3, -0.25) is 4.98 Å². The van der Waals surface area contributed by atoms with E-state index in [9.17, 15) is 12.9 Å². The number of halogens is 3. The molecule has 0 aromatic carbocycles. The second-order valence-electron chi connectivity index (χ2n) is 2.98. The topological polar surface area (TPSA) is 22.1 Å². The fourth-order valence-electron chi connectivity index (χ4n) is 1.04. The quantitative estimate of drug-likeness (QED) is 0.664. The van der Waals surface area contributed by atoms with Gasteiger partial charge in [-0.15, -0.1) is 0 Å². The van der Waals surface area contributed by atoms with E-state index in [0.717, 1.165) is 0 Å². The summed E-state index contributed by atoms with van der Waals surface area (Å²) in [6.07, 6.45) is 2.08. The van der Waals surface area contributed by atoms with E-state index in [1.54, 1.807) is 6.07 Å². The molecule has 0 bridgehead atoms. The van der Waals surface area contributed by atoms with Crippen LogP contribution in [0.5, 0.6) is 5.75 Å². The predicted molar refractivity (Wildman–Crippen MR) is 48.4 cm³/mol. The normalized spacial score (nSPS) is 10.7. The minimum Gasteiger partial charge on any atom is -0.495 e. The maximum absolute atomic E-state index is 11.9. The van der Waals surface area contributed by atoms with Gasteiger partial charge < -0.3 is 17.7 Å². The maximum Gasteiger partial charge on any atom is 1.00 e. The van der Waals surface area contributed by atoms with Crippen molar-refractivity contribution >= 4 is 6.98 Å². The molecule has 1 heterocycles. The zero-order chi connectivity index (χ0) is 10.6. The van der Waals surface area contributed by atoms with E-state index < -0.39 is 13.3 Å². The van der Waals surface area contributed by atoms with E-state index in [4.69, 9.17) is 4.74 Å². The van der Waals surface area contributed by atoms with Crippen LogP contribution in [-0.2, 0) is 6.42 Å². The fourth-order valence-corrected chi connectivity index (χ4v) is 1.04. The Kier molecular flexibility index (Phi) is 7.11.